The maximum Gasteiger partial charge on any atom is 0.246 e. The molecule has 3 aromatic carbocycles. The van der Waals surface area contributed by atoms with Crippen molar-refractivity contribution < 1.29 is 19.5 Å². The Morgan fingerprint density at radius 3 is 1.85 bits per heavy atom. The van der Waals surface area contributed by atoms with Crippen molar-refractivity contribution in [3.05, 3.63) is 108 Å². The Balaban J connectivity index is 1.13. The van der Waals surface area contributed by atoms with Crippen molar-refractivity contribution in [1.82, 2.24) is 20.0 Å². The number of piperidine rings is 1. The van der Waals surface area contributed by atoms with Crippen molar-refractivity contribution in [3.63, 3.8) is 0 Å². The Labute approximate surface area is 284 Å². The molecule has 3 aromatic rings. The SMILES string of the molecule is O=C(NC[C@H]1CCCN(CC2CC2)C1)[C@H]1CCCN1C(=O)[C@@H]1C[C@@H](O)CN1C(=O)C(c1ccccc1)(c1ccccc1)c1ccccc1. The predicted molar refractivity (Wildman–Crippen MR) is 185 cm³/mol. The van der Waals surface area contributed by atoms with E-state index in [-0.39, 0.29) is 30.7 Å². The molecule has 4 aliphatic rings. The second kappa shape index (κ2) is 14.2. The van der Waals surface area contributed by atoms with Crippen LogP contribution in [0.25, 0.3) is 0 Å². The highest BCUT2D eigenvalue weighted by molar-refractivity contribution is 6.00. The van der Waals surface area contributed by atoms with Crippen LogP contribution in [0.4, 0.5) is 0 Å². The lowest BCUT2D eigenvalue weighted by atomic mass is 9.68. The van der Waals surface area contributed by atoms with Crippen molar-refractivity contribution in [2.75, 3.05) is 39.3 Å². The Bertz CT molecular complexity index is 1470. The van der Waals surface area contributed by atoms with E-state index in [1.807, 2.05) is 91.0 Å². The lowest BCUT2D eigenvalue weighted by Gasteiger charge is -2.40. The molecule has 8 heteroatoms. The van der Waals surface area contributed by atoms with Gasteiger partial charge in [0.25, 0.3) is 0 Å². The van der Waals surface area contributed by atoms with Gasteiger partial charge in [-0.1, -0.05) is 91.0 Å². The fourth-order valence-electron chi connectivity index (χ4n) is 8.43. The minimum Gasteiger partial charge on any atom is -0.391 e. The van der Waals surface area contributed by atoms with Crippen LogP contribution in [-0.2, 0) is 19.8 Å². The van der Waals surface area contributed by atoms with E-state index in [1.54, 1.807) is 9.80 Å². The van der Waals surface area contributed by atoms with Gasteiger partial charge in [0, 0.05) is 39.1 Å². The topological polar surface area (TPSA) is 93.2 Å². The van der Waals surface area contributed by atoms with Gasteiger partial charge in [0.15, 0.2) is 0 Å². The molecule has 1 aliphatic carbocycles. The molecule has 0 radical (unpaired) electrons. The van der Waals surface area contributed by atoms with Gasteiger partial charge in [-0.15, -0.1) is 0 Å². The van der Waals surface area contributed by atoms with Gasteiger partial charge in [0.1, 0.15) is 17.5 Å². The molecular formula is C40H48N4O4. The predicted octanol–water partition coefficient (Wildman–Crippen LogP) is 4.21. The molecule has 3 aliphatic heterocycles. The maximum atomic E-state index is 15.3. The molecule has 0 bridgehead atoms. The quantitative estimate of drug-likeness (QED) is 0.322. The number of aliphatic hydroxyl groups is 1. The zero-order valence-corrected chi connectivity index (χ0v) is 27.8. The van der Waals surface area contributed by atoms with Crippen molar-refractivity contribution >= 4 is 17.7 Å². The molecule has 3 saturated heterocycles. The summed E-state index contributed by atoms with van der Waals surface area (Å²) in [7, 11) is 0. The summed E-state index contributed by atoms with van der Waals surface area (Å²) in [4.78, 5) is 49.2. The first kappa shape index (κ1) is 32.5. The first-order valence-electron chi connectivity index (χ1n) is 17.9. The summed E-state index contributed by atoms with van der Waals surface area (Å²) in [5.41, 5.74) is 1.12. The summed E-state index contributed by atoms with van der Waals surface area (Å²) in [6, 6.07) is 27.7. The summed E-state index contributed by atoms with van der Waals surface area (Å²) >= 11 is 0. The summed E-state index contributed by atoms with van der Waals surface area (Å²) in [6.45, 7) is 4.48. The number of nitrogens with one attached hydrogen (secondary N) is 1. The van der Waals surface area contributed by atoms with E-state index < -0.39 is 23.6 Å². The molecule has 252 valence electrons. The average molecular weight is 649 g/mol. The molecule has 1 saturated carbocycles. The summed E-state index contributed by atoms with van der Waals surface area (Å²) in [6.07, 6.45) is 5.58. The molecule has 4 atom stereocenters. The Hall–Kier alpha value is -4.01. The number of aliphatic hydroxyl groups excluding tert-OH is 1. The van der Waals surface area contributed by atoms with Crippen LogP contribution in [-0.4, -0.2) is 95.0 Å². The van der Waals surface area contributed by atoms with E-state index in [2.05, 4.69) is 10.2 Å². The highest BCUT2D eigenvalue weighted by Gasteiger charge is 2.52. The van der Waals surface area contributed by atoms with Crippen LogP contribution in [0.1, 0.15) is 61.6 Å². The third-order valence-electron chi connectivity index (χ3n) is 11.0. The van der Waals surface area contributed by atoms with Gasteiger partial charge in [-0.25, -0.2) is 0 Å². The number of hydrogen-bond acceptors (Lipinski definition) is 5. The van der Waals surface area contributed by atoms with Crippen LogP contribution >= 0.6 is 0 Å². The summed E-state index contributed by atoms with van der Waals surface area (Å²) < 4.78 is 0. The number of β-amino-alcohol motifs (C(OH)–C–C–N with tert-alkyl or cyclic N) is 1. The Morgan fingerprint density at radius 1 is 0.688 bits per heavy atom. The number of nitrogens with zero attached hydrogens (tertiary/aromatic N) is 3. The number of hydrogen-bond donors (Lipinski definition) is 2. The van der Waals surface area contributed by atoms with E-state index in [0.29, 0.717) is 25.4 Å². The van der Waals surface area contributed by atoms with Gasteiger partial charge in [0.2, 0.25) is 17.7 Å². The lowest BCUT2D eigenvalue weighted by molar-refractivity contribution is -0.147. The van der Waals surface area contributed by atoms with Crippen molar-refractivity contribution in [3.8, 4) is 0 Å². The molecule has 4 fully saturated rings. The van der Waals surface area contributed by atoms with Gasteiger partial charge in [-0.2, -0.15) is 0 Å². The molecule has 3 amide bonds. The van der Waals surface area contributed by atoms with Crippen molar-refractivity contribution in [1.29, 1.82) is 0 Å². The summed E-state index contributed by atoms with van der Waals surface area (Å²) in [5.74, 6) is 0.661. The van der Waals surface area contributed by atoms with Gasteiger partial charge in [-0.3, -0.25) is 14.4 Å². The monoisotopic (exact) mass is 648 g/mol. The van der Waals surface area contributed by atoms with Gasteiger partial charge < -0.3 is 25.1 Å². The van der Waals surface area contributed by atoms with Crippen LogP contribution in [0.2, 0.25) is 0 Å². The van der Waals surface area contributed by atoms with Crippen molar-refractivity contribution in [2.45, 2.75) is 68.5 Å². The van der Waals surface area contributed by atoms with E-state index in [0.717, 1.165) is 55.0 Å². The fourth-order valence-corrected chi connectivity index (χ4v) is 8.43. The molecule has 0 spiro atoms. The smallest absolute Gasteiger partial charge is 0.246 e. The molecule has 0 unspecified atom stereocenters. The minimum atomic E-state index is -1.25. The second-order valence-corrected chi connectivity index (χ2v) is 14.4. The fraction of sp³-hybridized carbons (Fsp3) is 0.475. The second-order valence-electron chi connectivity index (χ2n) is 14.4. The molecule has 2 N–H and O–H groups in total. The number of rotatable bonds is 10. The average Bonchev–Trinajstić information content (AvgIpc) is 3.64. The van der Waals surface area contributed by atoms with E-state index >= 15 is 4.79 Å². The summed E-state index contributed by atoms with van der Waals surface area (Å²) in [5, 5.41) is 14.2. The van der Waals surface area contributed by atoms with Crippen LogP contribution in [0.5, 0.6) is 0 Å². The number of carbonyl (C=O) groups excluding carboxylic acids is 3. The normalized spacial score (nSPS) is 24.9. The van der Waals surface area contributed by atoms with E-state index in [1.165, 1.54) is 19.4 Å². The van der Waals surface area contributed by atoms with Crippen LogP contribution in [0.15, 0.2) is 91.0 Å². The van der Waals surface area contributed by atoms with E-state index in [9.17, 15) is 14.7 Å². The van der Waals surface area contributed by atoms with E-state index in [4.69, 9.17) is 0 Å². The zero-order valence-electron chi connectivity index (χ0n) is 27.8. The highest BCUT2D eigenvalue weighted by Crippen LogP contribution is 2.43. The Morgan fingerprint density at radius 2 is 1.27 bits per heavy atom. The third kappa shape index (κ3) is 6.52. The van der Waals surface area contributed by atoms with Gasteiger partial charge in [-0.05, 0) is 73.6 Å². The first-order valence-corrected chi connectivity index (χ1v) is 17.9. The minimum absolute atomic E-state index is 0.0488. The molecule has 48 heavy (non-hydrogen) atoms. The number of amides is 3. The zero-order chi connectivity index (χ0) is 33.1. The first-order chi connectivity index (χ1) is 23.4. The lowest BCUT2D eigenvalue weighted by Crippen LogP contribution is -2.56. The van der Waals surface area contributed by atoms with Crippen LogP contribution in [0.3, 0.4) is 0 Å². The van der Waals surface area contributed by atoms with Crippen molar-refractivity contribution in [2.24, 2.45) is 11.8 Å². The molecule has 7 rings (SSSR count). The Kier molecular flexibility index (Phi) is 9.64. The molecule has 0 aromatic heterocycles. The number of carbonyl (C=O) groups is 3. The number of benzene rings is 3. The number of likely N-dealkylation sites (tertiary alicyclic amines) is 3. The molecular weight excluding hydrogens is 600 g/mol. The van der Waals surface area contributed by atoms with Crippen LogP contribution in [0, 0.1) is 11.8 Å². The van der Waals surface area contributed by atoms with Crippen LogP contribution < -0.4 is 5.32 Å². The van der Waals surface area contributed by atoms with Gasteiger partial charge >= 0.3 is 0 Å². The highest BCUT2D eigenvalue weighted by atomic mass is 16.3. The van der Waals surface area contributed by atoms with Gasteiger partial charge in [0.05, 0.1) is 6.10 Å². The largest absolute Gasteiger partial charge is 0.391 e. The standard InChI is InChI=1S/C40H48N4O4/c45-34-24-36(38(47)43-23-11-19-35(43)37(46)41-25-30-12-10-22-42(27-30)26-29-20-21-29)44(28-34)39(48)40(31-13-4-1-5-14-31,32-15-6-2-7-16-32)33-17-8-3-9-18-33/h1-9,13-18,29-30,34-36,45H,10-12,19-28H2,(H,41,46)/t30-,34-,35-,36+/m1/s1. The molecule has 8 nitrogen and oxygen atoms in total. The molecule has 3 heterocycles. The maximum absolute atomic E-state index is 15.3. The third-order valence-corrected chi connectivity index (χ3v) is 11.0.